The third-order valence-electron chi connectivity index (χ3n) is 12.0. The number of aliphatic carboxylic acids is 1. The lowest BCUT2D eigenvalue weighted by Crippen LogP contribution is -2.61. The van der Waals surface area contributed by atoms with Gasteiger partial charge in [0.25, 0.3) is 0 Å². The summed E-state index contributed by atoms with van der Waals surface area (Å²) in [6.45, 7) is 6.74. The van der Waals surface area contributed by atoms with Crippen molar-refractivity contribution in [3.05, 3.63) is 85.1 Å². The van der Waals surface area contributed by atoms with E-state index in [-0.39, 0.29) is 31.6 Å². The van der Waals surface area contributed by atoms with E-state index in [0.717, 1.165) is 0 Å². The number of fused-ring (bicyclic) bond motifs is 2. The maximum Gasteiger partial charge on any atom is 0.311 e. The Morgan fingerprint density at radius 2 is 1.23 bits per heavy atom. The van der Waals surface area contributed by atoms with E-state index in [1.54, 1.807) is 80.7 Å². The van der Waals surface area contributed by atoms with Crippen molar-refractivity contribution in [1.82, 2.24) is 0 Å². The summed E-state index contributed by atoms with van der Waals surface area (Å²) in [4.78, 5) is 25.1. The van der Waals surface area contributed by atoms with E-state index >= 15 is 0 Å². The molecule has 0 radical (unpaired) electrons. The van der Waals surface area contributed by atoms with E-state index in [2.05, 4.69) is 0 Å². The minimum absolute atomic E-state index is 0.107. The van der Waals surface area contributed by atoms with Gasteiger partial charge in [-0.1, -0.05) is 98.9 Å². The van der Waals surface area contributed by atoms with Crippen LogP contribution < -0.4 is 5.73 Å². The Morgan fingerprint density at radius 1 is 0.662 bits per heavy atom. The number of hydrogen-bond acceptors (Lipinski definition) is 17. The number of hydrogen-bond donors (Lipinski definition) is 12. The number of carboxylic acids is 1. The smallest absolute Gasteiger partial charge is 0.311 e. The monoisotopic (exact) mass is 923 g/mol. The van der Waals surface area contributed by atoms with Gasteiger partial charge >= 0.3 is 11.9 Å². The van der Waals surface area contributed by atoms with Crippen LogP contribution in [0.15, 0.2) is 85.1 Å². The first kappa shape index (κ1) is 55.9. The Kier molecular flexibility index (Phi) is 23.6. The number of cyclic esters (lactones) is 1. The predicted molar refractivity (Wildman–Crippen MR) is 237 cm³/mol. The van der Waals surface area contributed by atoms with Crippen LogP contribution in [-0.2, 0) is 28.5 Å². The van der Waals surface area contributed by atoms with E-state index in [1.807, 2.05) is 19.1 Å². The number of ether oxygens (including phenoxy) is 4. The number of carboxylic acid groups (broad SMARTS) is 1. The number of rotatable bonds is 3. The van der Waals surface area contributed by atoms with Gasteiger partial charge in [-0.15, -0.1) is 0 Å². The Hall–Kier alpha value is -3.44. The van der Waals surface area contributed by atoms with Gasteiger partial charge in [-0.25, -0.2) is 0 Å². The summed E-state index contributed by atoms with van der Waals surface area (Å²) >= 11 is 0. The topological polar surface area (TPSA) is 320 Å². The molecule has 3 aliphatic heterocycles. The summed E-state index contributed by atoms with van der Waals surface area (Å²) < 4.78 is 23.1. The van der Waals surface area contributed by atoms with E-state index in [1.165, 1.54) is 13.0 Å². The van der Waals surface area contributed by atoms with Crippen molar-refractivity contribution in [2.24, 2.45) is 23.5 Å². The molecule has 13 N–H and O–H groups in total. The number of nitrogens with two attached hydrogens (primary N) is 1. The lowest BCUT2D eigenvalue weighted by molar-refractivity contribution is -0.308. The first-order chi connectivity index (χ1) is 30.6. The highest BCUT2D eigenvalue weighted by molar-refractivity contribution is 5.71. The minimum atomic E-state index is -2.33. The van der Waals surface area contributed by atoms with Gasteiger partial charge in [0.15, 0.2) is 12.1 Å². The van der Waals surface area contributed by atoms with Gasteiger partial charge in [0.1, 0.15) is 18.1 Å². The molecule has 0 aromatic rings. The number of aliphatic hydroxyl groups is 10. The highest BCUT2D eigenvalue weighted by Crippen LogP contribution is 2.38. The highest BCUT2D eigenvalue weighted by atomic mass is 16.7. The van der Waals surface area contributed by atoms with Crippen molar-refractivity contribution in [3.63, 3.8) is 0 Å². The highest BCUT2D eigenvalue weighted by Gasteiger charge is 2.51. The molecule has 19 atom stereocenters. The van der Waals surface area contributed by atoms with Crippen LogP contribution in [0.1, 0.15) is 79.1 Å². The van der Waals surface area contributed by atoms with Crippen LogP contribution in [0.2, 0.25) is 0 Å². The van der Waals surface area contributed by atoms with Gasteiger partial charge in [0.05, 0.1) is 79.6 Å². The van der Waals surface area contributed by atoms with Crippen LogP contribution in [0.5, 0.6) is 0 Å². The van der Waals surface area contributed by atoms with E-state index in [9.17, 15) is 65.8 Å². The van der Waals surface area contributed by atoms with E-state index < -0.39 is 147 Å². The molecule has 368 valence electrons. The third kappa shape index (κ3) is 18.6. The molecule has 3 aliphatic rings. The summed E-state index contributed by atoms with van der Waals surface area (Å²) in [6, 6.07) is -1.15. The number of esters is 1. The first-order valence-corrected chi connectivity index (χ1v) is 22.3. The molecule has 0 aromatic heterocycles. The fourth-order valence-corrected chi connectivity index (χ4v) is 7.97. The molecule has 65 heavy (non-hydrogen) atoms. The summed E-state index contributed by atoms with van der Waals surface area (Å²) in [5.74, 6) is -6.83. The summed E-state index contributed by atoms with van der Waals surface area (Å²) in [5, 5.41) is 118. The van der Waals surface area contributed by atoms with Crippen molar-refractivity contribution in [3.8, 4) is 0 Å². The van der Waals surface area contributed by atoms with Crippen LogP contribution in [0.4, 0.5) is 0 Å². The normalized spacial score (nSPS) is 45.5. The van der Waals surface area contributed by atoms with Gasteiger partial charge in [-0.3, -0.25) is 9.59 Å². The average Bonchev–Trinajstić information content (AvgIpc) is 3.21. The molecule has 18 nitrogen and oxygen atoms in total. The molecule has 0 unspecified atom stereocenters. The summed E-state index contributed by atoms with van der Waals surface area (Å²) in [5.41, 5.74) is 6.02. The molecule has 0 amide bonds. The lowest BCUT2D eigenvalue weighted by Gasteiger charge is -2.45. The summed E-state index contributed by atoms with van der Waals surface area (Å²) in [6.07, 6.45) is 3.46. The molecule has 0 spiro atoms. The molecule has 2 fully saturated rings. The van der Waals surface area contributed by atoms with Gasteiger partial charge in [0, 0.05) is 37.5 Å². The second-order valence-electron chi connectivity index (χ2n) is 17.6. The maximum absolute atomic E-state index is 12.6. The SMILES string of the molecule is C[C@@H]1[C@H](O)[C@@H](C)/C=C/C=C\C=C/C=C/C=C/C=C/C=C/[C@H](O[C@@H]2O[C@H](C)[C@@H](O)[C@H](N)[C@@H]2O)C[C@@H]2O[C@](O)(C[C@@H](O)C[C@@H](O)[C@H](O)CC[C@@H](O)C[C@@H](O)CC(=O)O[C@H]1C)C[C@H](O)[C@H]2C(=O)O. The van der Waals surface area contributed by atoms with Crippen LogP contribution >= 0.6 is 0 Å². The predicted octanol–water partition coefficient (Wildman–Crippen LogP) is 0.712. The summed E-state index contributed by atoms with van der Waals surface area (Å²) in [7, 11) is 0. The zero-order valence-corrected chi connectivity index (χ0v) is 37.6. The standard InChI is InChI=1S/C47H73NO17/c1-27-17-15-13-11-9-7-5-6-8-10-12-14-16-18-34(64-46-44(58)41(48)43(57)30(4)63-46)24-38-40(45(59)60)37(54)26-47(61,65-38)25-33(51)22-36(53)35(52)20-19-31(49)21-32(50)23-39(55)62-29(3)28(2)42(27)56/h5-18,27-38,40-44,46,49-54,56-58,61H,19-26,48H2,1-4H3,(H,59,60)/b6-5+,9-7-,10-8+,13-11-,14-12+,17-15+,18-16+/t27-,28-,29-,30+,31+,32+,33-,34-,35+,36+,37-,38-,40+,41-,42+,43+,44-,46-,47+/m0/s1. The fourth-order valence-electron chi connectivity index (χ4n) is 7.97. The molecule has 2 saturated heterocycles. The molecular formula is C47H73NO17. The number of aliphatic hydroxyl groups excluding tert-OH is 9. The Bertz CT molecular complexity index is 1670. The second kappa shape index (κ2) is 27.4. The van der Waals surface area contributed by atoms with Crippen LogP contribution in [0.3, 0.4) is 0 Å². The third-order valence-corrected chi connectivity index (χ3v) is 12.0. The van der Waals surface area contributed by atoms with Crippen molar-refractivity contribution < 1.29 is 84.7 Å². The van der Waals surface area contributed by atoms with Gasteiger partial charge in [-0.05, 0) is 33.1 Å². The molecule has 3 heterocycles. The van der Waals surface area contributed by atoms with Gasteiger partial charge in [0.2, 0.25) is 0 Å². The Labute approximate surface area is 381 Å². The quantitative estimate of drug-likeness (QED) is 0.174. The zero-order chi connectivity index (χ0) is 48.4. The van der Waals surface area contributed by atoms with Crippen molar-refractivity contribution in [1.29, 1.82) is 0 Å². The minimum Gasteiger partial charge on any atom is -0.481 e. The molecule has 18 heteroatoms. The molecule has 3 rings (SSSR count). The maximum atomic E-state index is 12.6. The molecule has 0 aliphatic carbocycles. The molecule has 0 aromatic carbocycles. The van der Waals surface area contributed by atoms with Crippen molar-refractivity contribution >= 4 is 11.9 Å². The lowest BCUT2D eigenvalue weighted by atomic mass is 9.82. The van der Waals surface area contributed by atoms with E-state index in [0.29, 0.717) is 0 Å². The average molecular weight is 924 g/mol. The van der Waals surface area contributed by atoms with Crippen LogP contribution in [0.25, 0.3) is 0 Å². The zero-order valence-electron chi connectivity index (χ0n) is 37.6. The number of carbonyl (C=O) groups excluding carboxylic acids is 1. The fraction of sp³-hybridized carbons (Fsp3) is 0.660. The first-order valence-electron chi connectivity index (χ1n) is 22.3. The van der Waals surface area contributed by atoms with Gasteiger partial charge in [-0.2, -0.15) is 0 Å². The largest absolute Gasteiger partial charge is 0.481 e. The molecule has 0 saturated carbocycles. The Morgan fingerprint density at radius 3 is 1.82 bits per heavy atom. The second-order valence-corrected chi connectivity index (χ2v) is 17.6. The van der Waals surface area contributed by atoms with Gasteiger partial charge < -0.3 is 80.9 Å². The van der Waals surface area contributed by atoms with Crippen molar-refractivity contribution in [2.75, 3.05) is 0 Å². The molecular weight excluding hydrogens is 851 g/mol. The number of allylic oxidation sites excluding steroid dienone is 12. The Balaban J connectivity index is 1.86. The molecule has 2 bridgehead atoms. The van der Waals surface area contributed by atoms with E-state index in [4.69, 9.17) is 24.7 Å². The number of carbonyl (C=O) groups is 2. The van der Waals surface area contributed by atoms with Crippen LogP contribution in [0, 0.1) is 17.8 Å². The van der Waals surface area contributed by atoms with Crippen LogP contribution in [-0.4, -0.2) is 166 Å². The van der Waals surface area contributed by atoms with Crippen molar-refractivity contribution in [2.45, 2.75) is 177 Å².